The molecule has 0 aliphatic rings. The van der Waals surface area contributed by atoms with Crippen LogP contribution in [0.25, 0.3) is 10.9 Å². The Morgan fingerprint density at radius 1 is 1.24 bits per heavy atom. The number of hydrogen-bond donors (Lipinski definition) is 2. The van der Waals surface area contributed by atoms with Crippen LogP contribution in [-0.4, -0.2) is 10.9 Å². The standard InChI is InChI=1S/C16H10ClN3O/c17-11-5-6-12-13(9-19-15(12)7-11)16(21)20-14-4-2-1-3-10(14)8-18/h1-7,9,19H,(H,20,21). The van der Waals surface area contributed by atoms with Crippen molar-refractivity contribution < 1.29 is 4.79 Å². The lowest BCUT2D eigenvalue weighted by Gasteiger charge is -2.06. The van der Waals surface area contributed by atoms with E-state index >= 15 is 0 Å². The molecule has 1 aromatic heterocycles. The number of carbonyl (C=O) groups excluding carboxylic acids is 1. The highest BCUT2D eigenvalue weighted by Crippen LogP contribution is 2.23. The number of H-pyrrole nitrogens is 1. The first-order valence-corrected chi connectivity index (χ1v) is 6.64. The Morgan fingerprint density at radius 3 is 2.86 bits per heavy atom. The molecule has 0 saturated heterocycles. The predicted molar refractivity (Wildman–Crippen MR) is 82.4 cm³/mol. The van der Waals surface area contributed by atoms with Crippen LogP contribution < -0.4 is 5.32 Å². The van der Waals surface area contributed by atoms with Gasteiger partial charge in [0.05, 0.1) is 16.8 Å². The van der Waals surface area contributed by atoms with E-state index in [9.17, 15) is 4.79 Å². The minimum Gasteiger partial charge on any atom is -0.360 e. The second kappa shape index (κ2) is 5.31. The first-order chi connectivity index (χ1) is 10.2. The quantitative estimate of drug-likeness (QED) is 0.751. The molecule has 0 aliphatic heterocycles. The zero-order chi connectivity index (χ0) is 14.8. The number of nitrogens with one attached hydrogen (secondary N) is 2. The summed E-state index contributed by atoms with van der Waals surface area (Å²) in [5.74, 6) is -0.272. The number of hydrogen-bond acceptors (Lipinski definition) is 2. The Bertz CT molecular complexity index is 877. The summed E-state index contributed by atoms with van der Waals surface area (Å²) >= 11 is 5.92. The van der Waals surface area contributed by atoms with Crippen LogP contribution in [-0.2, 0) is 0 Å². The Labute approximate surface area is 126 Å². The van der Waals surface area contributed by atoms with E-state index < -0.39 is 0 Å². The first-order valence-electron chi connectivity index (χ1n) is 6.26. The second-order valence-corrected chi connectivity index (χ2v) is 4.94. The van der Waals surface area contributed by atoms with E-state index in [2.05, 4.69) is 16.4 Å². The molecule has 0 unspecified atom stereocenters. The van der Waals surface area contributed by atoms with Crippen molar-refractivity contribution >= 4 is 34.1 Å². The summed E-state index contributed by atoms with van der Waals surface area (Å²) in [5.41, 5.74) is 2.22. The molecule has 3 aromatic rings. The number of amides is 1. The van der Waals surface area contributed by atoms with Gasteiger partial charge in [0, 0.05) is 22.1 Å². The number of para-hydroxylation sites is 1. The van der Waals surface area contributed by atoms with Gasteiger partial charge in [0.25, 0.3) is 5.91 Å². The molecule has 5 heteroatoms. The molecule has 0 aliphatic carbocycles. The number of nitrogens with zero attached hydrogens (tertiary/aromatic N) is 1. The average molecular weight is 296 g/mol. The van der Waals surface area contributed by atoms with Crippen molar-refractivity contribution in [2.45, 2.75) is 0 Å². The zero-order valence-corrected chi connectivity index (χ0v) is 11.6. The fourth-order valence-electron chi connectivity index (χ4n) is 2.17. The number of fused-ring (bicyclic) bond motifs is 1. The lowest BCUT2D eigenvalue weighted by molar-refractivity contribution is 0.102. The number of halogens is 1. The third-order valence-corrected chi connectivity index (χ3v) is 3.42. The van der Waals surface area contributed by atoms with Crippen molar-refractivity contribution in [2.75, 3.05) is 5.32 Å². The molecule has 4 nitrogen and oxygen atoms in total. The lowest BCUT2D eigenvalue weighted by Crippen LogP contribution is -2.12. The van der Waals surface area contributed by atoms with Crippen LogP contribution in [0.3, 0.4) is 0 Å². The number of rotatable bonds is 2. The Hall–Kier alpha value is -2.77. The van der Waals surface area contributed by atoms with Crippen molar-refractivity contribution in [2.24, 2.45) is 0 Å². The first kappa shape index (κ1) is 13.2. The minimum absolute atomic E-state index is 0.272. The lowest BCUT2D eigenvalue weighted by atomic mass is 10.1. The van der Waals surface area contributed by atoms with Crippen molar-refractivity contribution in [3.05, 3.63) is 64.8 Å². The molecular formula is C16H10ClN3O. The highest BCUT2D eigenvalue weighted by molar-refractivity contribution is 6.31. The van der Waals surface area contributed by atoms with Crippen LogP contribution in [0.4, 0.5) is 5.69 Å². The van der Waals surface area contributed by atoms with Crippen LogP contribution in [0.5, 0.6) is 0 Å². The van der Waals surface area contributed by atoms with Gasteiger partial charge < -0.3 is 10.3 Å². The van der Waals surface area contributed by atoms with Gasteiger partial charge >= 0.3 is 0 Å². The molecule has 3 rings (SSSR count). The van der Waals surface area contributed by atoms with Gasteiger partial charge in [-0.2, -0.15) is 5.26 Å². The van der Waals surface area contributed by atoms with Crippen LogP contribution in [0, 0.1) is 11.3 Å². The normalized spacial score (nSPS) is 10.3. The van der Waals surface area contributed by atoms with Gasteiger partial charge in [-0.15, -0.1) is 0 Å². The van der Waals surface area contributed by atoms with E-state index in [0.717, 1.165) is 10.9 Å². The predicted octanol–water partition coefficient (Wildman–Crippen LogP) is 3.95. The third kappa shape index (κ3) is 2.47. The van der Waals surface area contributed by atoms with Gasteiger partial charge in [-0.25, -0.2) is 0 Å². The summed E-state index contributed by atoms with van der Waals surface area (Å²) in [6.07, 6.45) is 1.63. The van der Waals surface area contributed by atoms with Gasteiger partial charge in [0.1, 0.15) is 6.07 Å². The van der Waals surface area contributed by atoms with E-state index in [-0.39, 0.29) is 5.91 Å². The highest BCUT2D eigenvalue weighted by atomic mass is 35.5. The van der Waals surface area contributed by atoms with Crippen LogP contribution in [0.2, 0.25) is 5.02 Å². The smallest absolute Gasteiger partial charge is 0.257 e. The average Bonchev–Trinajstić information content (AvgIpc) is 2.90. The van der Waals surface area contributed by atoms with Gasteiger partial charge in [-0.05, 0) is 24.3 Å². The molecule has 0 radical (unpaired) electrons. The fraction of sp³-hybridized carbons (Fsp3) is 0. The molecular weight excluding hydrogens is 286 g/mol. The summed E-state index contributed by atoms with van der Waals surface area (Å²) in [4.78, 5) is 15.4. The maximum Gasteiger partial charge on any atom is 0.257 e. The van der Waals surface area contributed by atoms with Crippen LogP contribution in [0.15, 0.2) is 48.7 Å². The maximum absolute atomic E-state index is 12.4. The topological polar surface area (TPSA) is 68.7 Å². The molecule has 0 saturated carbocycles. The molecule has 21 heavy (non-hydrogen) atoms. The molecule has 2 N–H and O–H groups in total. The number of anilines is 1. The number of aromatic amines is 1. The summed E-state index contributed by atoms with van der Waals surface area (Å²) < 4.78 is 0. The molecule has 2 aromatic carbocycles. The minimum atomic E-state index is -0.272. The summed E-state index contributed by atoms with van der Waals surface area (Å²) in [6, 6.07) is 14.2. The molecule has 1 heterocycles. The van der Waals surface area contributed by atoms with Crippen molar-refractivity contribution in [1.82, 2.24) is 4.98 Å². The number of nitriles is 1. The van der Waals surface area contributed by atoms with Gasteiger partial charge in [0.2, 0.25) is 0 Å². The Morgan fingerprint density at radius 2 is 2.05 bits per heavy atom. The van der Waals surface area contributed by atoms with E-state index in [4.69, 9.17) is 16.9 Å². The molecule has 1 amide bonds. The van der Waals surface area contributed by atoms with Crippen molar-refractivity contribution in [3.63, 3.8) is 0 Å². The van der Waals surface area contributed by atoms with Crippen molar-refractivity contribution in [3.8, 4) is 6.07 Å². The Kier molecular flexibility index (Phi) is 3.35. The molecule has 0 fully saturated rings. The van der Waals surface area contributed by atoms with Crippen LogP contribution in [0.1, 0.15) is 15.9 Å². The molecule has 0 bridgehead atoms. The van der Waals surface area contributed by atoms with Gasteiger partial charge in [-0.1, -0.05) is 29.8 Å². The largest absolute Gasteiger partial charge is 0.360 e. The maximum atomic E-state index is 12.4. The van der Waals surface area contributed by atoms with E-state index in [0.29, 0.717) is 21.8 Å². The molecule has 0 atom stereocenters. The second-order valence-electron chi connectivity index (χ2n) is 4.50. The molecule has 102 valence electrons. The number of carbonyl (C=O) groups is 1. The van der Waals surface area contributed by atoms with E-state index in [1.54, 1.807) is 48.7 Å². The number of aromatic nitrogens is 1. The van der Waals surface area contributed by atoms with Gasteiger partial charge in [-0.3, -0.25) is 4.79 Å². The van der Waals surface area contributed by atoms with E-state index in [1.165, 1.54) is 0 Å². The zero-order valence-electron chi connectivity index (χ0n) is 10.9. The van der Waals surface area contributed by atoms with E-state index in [1.807, 2.05) is 0 Å². The summed E-state index contributed by atoms with van der Waals surface area (Å²) in [5, 5.41) is 13.2. The Balaban J connectivity index is 1.96. The monoisotopic (exact) mass is 295 g/mol. The number of benzene rings is 2. The van der Waals surface area contributed by atoms with Crippen LogP contribution >= 0.6 is 11.6 Å². The summed E-state index contributed by atoms with van der Waals surface area (Å²) in [6.45, 7) is 0. The van der Waals surface area contributed by atoms with Gasteiger partial charge in [0.15, 0.2) is 0 Å². The SMILES string of the molecule is N#Cc1ccccc1NC(=O)c1c[nH]c2cc(Cl)ccc12. The third-order valence-electron chi connectivity index (χ3n) is 3.18. The fourth-order valence-corrected chi connectivity index (χ4v) is 2.34. The highest BCUT2D eigenvalue weighted by Gasteiger charge is 2.13. The molecule has 0 spiro atoms. The van der Waals surface area contributed by atoms with Crippen molar-refractivity contribution in [1.29, 1.82) is 5.26 Å². The summed E-state index contributed by atoms with van der Waals surface area (Å²) in [7, 11) is 0.